The van der Waals surface area contributed by atoms with Crippen molar-refractivity contribution in [2.24, 2.45) is 23.0 Å². The number of urea groups is 1. The molecule has 3 atom stereocenters. The molecule has 4 rings (SSSR count). The van der Waals surface area contributed by atoms with Crippen LogP contribution in [-0.2, 0) is 14.3 Å². The van der Waals surface area contributed by atoms with Crippen LogP contribution in [0.3, 0.4) is 0 Å². The third-order valence-electron chi connectivity index (χ3n) is 5.32. The molecule has 0 aromatic heterocycles. The summed E-state index contributed by atoms with van der Waals surface area (Å²) in [4.78, 5) is 34.7. The van der Waals surface area contributed by atoms with Gasteiger partial charge in [-0.25, -0.2) is 4.79 Å². The Kier molecular flexibility index (Phi) is 3.62. The average molecular weight is 329 g/mol. The van der Waals surface area contributed by atoms with Gasteiger partial charge in [-0.15, -0.1) is 11.6 Å². The summed E-state index contributed by atoms with van der Waals surface area (Å²) in [6, 6.07) is -0.956. The highest BCUT2D eigenvalue weighted by Gasteiger charge is 2.61. The summed E-state index contributed by atoms with van der Waals surface area (Å²) < 4.78 is 5.33. The number of hydrogen-bond acceptors (Lipinski definition) is 4. The van der Waals surface area contributed by atoms with Gasteiger partial charge in [0.25, 0.3) is 5.91 Å². The molecule has 3 amide bonds. The number of nitrogens with one attached hydrogen (secondary N) is 1. The van der Waals surface area contributed by atoms with E-state index in [0.29, 0.717) is 18.3 Å². The molecule has 7 heteroatoms. The molecule has 0 unspecified atom stereocenters. The van der Waals surface area contributed by atoms with Crippen LogP contribution < -0.4 is 11.1 Å². The van der Waals surface area contributed by atoms with Crippen molar-refractivity contribution in [1.82, 2.24) is 5.32 Å². The standard InChI is InChI=1S/C15H21ClN2O4/c1-8(11(19)18-13(17)21)22-12(20)14-3-9-2-10(4-14)6-15(16,5-9)7-14/h8-10H,2-7H2,1H3,(H3,17,18,19,21)/t8-,9+,10+,14?,15?/m1/s1. The molecular weight excluding hydrogens is 308 g/mol. The number of hydrogen-bond donors (Lipinski definition) is 2. The first kappa shape index (κ1) is 15.6. The fourth-order valence-corrected chi connectivity index (χ4v) is 5.64. The molecule has 122 valence electrons. The van der Waals surface area contributed by atoms with Gasteiger partial charge >= 0.3 is 12.0 Å². The van der Waals surface area contributed by atoms with Crippen LogP contribution in [0.15, 0.2) is 0 Å². The molecule has 0 aliphatic heterocycles. The van der Waals surface area contributed by atoms with E-state index in [9.17, 15) is 14.4 Å². The van der Waals surface area contributed by atoms with Crippen molar-refractivity contribution < 1.29 is 19.1 Å². The van der Waals surface area contributed by atoms with Crippen molar-refractivity contribution in [3.8, 4) is 0 Å². The number of halogens is 1. The predicted molar refractivity (Wildman–Crippen MR) is 79.0 cm³/mol. The number of ether oxygens (including phenoxy) is 1. The second-order valence-electron chi connectivity index (χ2n) is 7.29. The Bertz CT molecular complexity index is 522. The van der Waals surface area contributed by atoms with Crippen LogP contribution >= 0.6 is 11.6 Å². The first-order chi connectivity index (χ1) is 10.2. The van der Waals surface area contributed by atoms with Crippen molar-refractivity contribution in [2.45, 2.75) is 56.4 Å². The molecule has 3 N–H and O–H groups in total. The highest BCUT2D eigenvalue weighted by molar-refractivity contribution is 6.24. The highest BCUT2D eigenvalue weighted by Crippen LogP contribution is 2.64. The third-order valence-corrected chi connectivity index (χ3v) is 5.76. The number of amides is 3. The number of carbonyl (C=O) groups excluding carboxylic acids is 3. The number of alkyl halides is 1. The van der Waals surface area contributed by atoms with Crippen molar-refractivity contribution in [3.05, 3.63) is 0 Å². The lowest BCUT2D eigenvalue weighted by atomic mass is 9.49. The molecule has 4 bridgehead atoms. The molecule has 0 aromatic rings. The second-order valence-corrected chi connectivity index (χ2v) is 8.10. The van der Waals surface area contributed by atoms with Crippen LogP contribution in [0.5, 0.6) is 0 Å². The normalized spacial score (nSPS) is 40.1. The predicted octanol–water partition coefficient (Wildman–Crippen LogP) is 1.69. The largest absolute Gasteiger partial charge is 0.452 e. The molecule has 0 spiro atoms. The quantitative estimate of drug-likeness (QED) is 0.608. The Morgan fingerprint density at radius 1 is 1.23 bits per heavy atom. The zero-order chi connectivity index (χ0) is 16.1. The van der Waals surface area contributed by atoms with E-state index in [1.807, 2.05) is 5.32 Å². The van der Waals surface area contributed by atoms with Crippen LogP contribution in [0.1, 0.15) is 45.4 Å². The highest BCUT2D eigenvalue weighted by atomic mass is 35.5. The summed E-state index contributed by atoms with van der Waals surface area (Å²) in [6.45, 7) is 1.44. The van der Waals surface area contributed by atoms with Gasteiger partial charge in [0.05, 0.1) is 5.41 Å². The van der Waals surface area contributed by atoms with Crippen LogP contribution in [0, 0.1) is 17.3 Å². The smallest absolute Gasteiger partial charge is 0.318 e. The van der Waals surface area contributed by atoms with Gasteiger partial charge in [0.15, 0.2) is 6.10 Å². The van der Waals surface area contributed by atoms with Crippen LogP contribution in [0.4, 0.5) is 4.79 Å². The summed E-state index contributed by atoms with van der Waals surface area (Å²) in [7, 11) is 0. The van der Waals surface area contributed by atoms with E-state index in [2.05, 4.69) is 0 Å². The van der Waals surface area contributed by atoms with Crippen LogP contribution in [0.2, 0.25) is 0 Å². The summed E-state index contributed by atoms with van der Waals surface area (Å²) in [5.74, 6) is -0.119. The maximum Gasteiger partial charge on any atom is 0.318 e. The van der Waals surface area contributed by atoms with E-state index in [0.717, 1.165) is 32.1 Å². The minimum absolute atomic E-state index is 0.290. The van der Waals surface area contributed by atoms with Crippen molar-refractivity contribution in [2.75, 3.05) is 0 Å². The van der Waals surface area contributed by atoms with E-state index < -0.39 is 23.5 Å². The van der Waals surface area contributed by atoms with Crippen LogP contribution in [0.25, 0.3) is 0 Å². The van der Waals surface area contributed by atoms with Gasteiger partial charge in [-0.2, -0.15) is 0 Å². The molecule has 0 heterocycles. The number of primary amides is 1. The van der Waals surface area contributed by atoms with E-state index >= 15 is 0 Å². The molecule has 4 fully saturated rings. The molecule has 6 nitrogen and oxygen atoms in total. The fraction of sp³-hybridized carbons (Fsp3) is 0.800. The van der Waals surface area contributed by atoms with Crippen molar-refractivity contribution in [3.63, 3.8) is 0 Å². The van der Waals surface area contributed by atoms with Gasteiger partial charge in [0.1, 0.15) is 0 Å². The number of esters is 1. The van der Waals surface area contributed by atoms with Gasteiger partial charge in [-0.05, 0) is 57.3 Å². The number of imide groups is 1. The molecule has 4 saturated carbocycles. The first-order valence-corrected chi connectivity index (χ1v) is 8.09. The summed E-state index contributed by atoms with van der Waals surface area (Å²) in [6.07, 6.45) is 4.25. The van der Waals surface area contributed by atoms with E-state index in [1.54, 1.807) is 0 Å². The Hall–Kier alpha value is -1.30. The Morgan fingerprint density at radius 2 is 1.82 bits per heavy atom. The molecule has 0 saturated heterocycles. The topological polar surface area (TPSA) is 98.5 Å². The summed E-state index contributed by atoms with van der Waals surface area (Å²) in [5, 5.41) is 1.93. The van der Waals surface area contributed by atoms with Gasteiger partial charge < -0.3 is 10.5 Å². The minimum Gasteiger partial charge on any atom is -0.452 e. The zero-order valence-electron chi connectivity index (χ0n) is 12.6. The Balaban J connectivity index is 1.70. The second kappa shape index (κ2) is 5.11. The lowest BCUT2D eigenvalue weighted by Crippen LogP contribution is -2.57. The fourth-order valence-electron chi connectivity index (χ4n) is 4.95. The third kappa shape index (κ3) is 2.69. The van der Waals surface area contributed by atoms with Gasteiger partial charge in [0.2, 0.25) is 0 Å². The van der Waals surface area contributed by atoms with E-state index in [4.69, 9.17) is 22.1 Å². The van der Waals surface area contributed by atoms with Crippen molar-refractivity contribution >= 4 is 29.5 Å². The maximum atomic E-state index is 12.7. The molecule has 0 aromatic carbocycles. The number of rotatable bonds is 3. The molecular formula is C15H21ClN2O4. The lowest BCUT2D eigenvalue weighted by Gasteiger charge is -2.58. The van der Waals surface area contributed by atoms with E-state index in [-0.39, 0.29) is 10.8 Å². The van der Waals surface area contributed by atoms with Crippen molar-refractivity contribution in [1.29, 1.82) is 0 Å². The molecule has 4 aliphatic rings. The van der Waals surface area contributed by atoms with Gasteiger partial charge in [-0.1, -0.05) is 0 Å². The Labute approximate surface area is 134 Å². The van der Waals surface area contributed by atoms with Gasteiger partial charge in [0, 0.05) is 4.87 Å². The molecule has 22 heavy (non-hydrogen) atoms. The minimum atomic E-state index is -1.04. The first-order valence-electron chi connectivity index (χ1n) is 7.72. The number of nitrogens with two attached hydrogens (primary N) is 1. The summed E-state index contributed by atoms with van der Waals surface area (Å²) in [5.41, 5.74) is 4.33. The summed E-state index contributed by atoms with van der Waals surface area (Å²) >= 11 is 6.68. The molecule has 0 radical (unpaired) electrons. The monoisotopic (exact) mass is 328 g/mol. The van der Waals surface area contributed by atoms with Gasteiger partial charge in [-0.3, -0.25) is 14.9 Å². The van der Waals surface area contributed by atoms with Crippen LogP contribution in [-0.4, -0.2) is 28.9 Å². The zero-order valence-corrected chi connectivity index (χ0v) is 13.3. The Morgan fingerprint density at radius 3 is 2.32 bits per heavy atom. The SMILES string of the molecule is C[C@@H](OC(=O)C12C[C@@H]3C[C@H](CC(Cl)(C3)C1)C2)C(=O)NC(N)=O. The number of carbonyl (C=O) groups is 3. The maximum absolute atomic E-state index is 12.7. The lowest BCUT2D eigenvalue weighted by molar-refractivity contribution is -0.177. The van der Waals surface area contributed by atoms with E-state index in [1.165, 1.54) is 6.92 Å². The average Bonchev–Trinajstić information content (AvgIpc) is 2.34. The molecule has 4 aliphatic carbocycles.